The molecular weight excluding hydrogens is 374 g/mol. The first-order valence-corrected chi connectivity index (χ1v) is 9.87. The minimum atomic E-state index is -0.546. The van der Waals surface area contributed by atoms with Crippen molar-refractivity contribution < 1.29 is 19.1 Å². The van der Waals surface area contributed by atoms with E-state index in [-0.39, 0.29) is 17.1 Å². The fourth-order valence-corrected chi connectivity index (χ4v) is 3.63. The van der Waals surface area contributed by atoms with Crippen molar-refractivity contribution in [3.05, 3.63) is 70.9 Å². The third kappa shape index (κ3) is 3.55. The standard InChI is InChI=1S/C22H21NO4S/c1-14-20(22(25)27-3)18(12-15-8-5-6-11-19(15)26-2)21(24)23(14)16-9-7-10-17(13-16)28-4/h5-13H,1-4H3. The van der Waals surface area contributed by atoms with Gasteiger partial charge in [0, 0.05) is 16.2 Å². The second kappa shape index (κ2) is 8.35. The van der Waals surface area contributed by atoms with Crippen molar-refractivity contribution >= 4 is 35.4 Å². The maximum Gasteiger partial charge on any atom is 0.340 e. The van der Waals surface area contributed by atoms with Gasteiger partial charge in [0.05, 0.1) is 31.1 Å². The minimum Gasteiger partial charge on any atom is -0.496 e. The van der Waals surface area contributed by atoms with Crippen molar-refractivity contribution in [2.75, 3.05) is 25.4 Å². The van der Waals surface area contributed by atoms with Crippen molar-refractivity contribution in [2.45, 2.75) is 11.8 Å². The molecule has 0 aliphatic carbocycles. The van der Waals surface area contributed by atoms with Gasteiger partial charge in [-0.2, -0.15) is 0 Å². The summed E-state index contributed by atoms with van der Waals surface area (Å²) in [6.07, 6.45) is 3.65. The molecule has 0 radical (unpaired) electrons. The molecule has 144 valence electrons. The Hall–Kier alpha value is -2.99. The first kappa shape index (κ1) is 19.8. The Bertz CT molecular complexity index is 994. The second-order valence-corrected chi connectivity index (χ2v) is 6.97. The van der Waals surface area contributed by atoms with Crippen molar-refractivity contribution in [2.24, 2.45) is 0 Å². The Kier molecular flexibility index (Phi) is 5.90. The molecule has 0 unspecified atom stereocenters. The second-order valence-electron chi connectivity index (χ2n) is 6.09. The van der Waals surface area contributed by atoms with Crippen LogP contribution in [0.2, 0.25) is 0 Å². The van der Waals surface area contributed by atoms with Gasteiger partial charge in [-0.05, 0) is 43.5 Å². The molecule has 0 fully saturated rings. The summed E-state index contributed by atoms with van der Waals surface area (Å²) in [5.41, 5.74) is 2.49. The molecule has 1 aliphatic rings. The number of hydrogen-bond acceptors (Lipinski definition) is 5. The maximum absolute atomic E-state index is 13.3. The fraction of sp³-hybridized carbons (Fsp3) is 0.182. The van der Waals surface area contributed by atoms with Crippen LogP contribution < -0.4 is 9.64 Å². The number of rotatable bonds is 5. The van der Waals surface area contributed by atoms with Gasteiger partial charge < -0.3 is 9.47 Å². The predicted molar refractivity (Wildman–Crippen MR) is 111 cm³/mol. The van der Waals surface area contributed by atoms with Crippen LogP contribution in [0.1, 0.15) is 12.5 Å². The Morgan fingerprint density at radius 3 is 2.54 bits per heavy atom. The van der Waals surface area contributed by atoms with Crippen LogP contribution in [-0.4, -0.2) is 32.4 Å². The Labute approximate surface area is 168 Å². The van der Waals surface area contributed by atoms with Gasteiger partial charge in [-0.1, -0.05) is 24.3 Å². The number of esters is 1. The molecule has 28 heavy (non-hydrogen) atoms. The average molecular weight is 395 g/mol. The lowest BCUT2D eigenvalue weighted by molar-refractivity contribution is -0.136. The molecule has 0 atom stereocenters. The quantitative estimate of drug-likeness (QED) is 0.429. The number of carbonyl (C=O) groups excluding carboxylic acids is 2. The van der Waals surface area contributed by atoms with Crippen LogP contribution in [0.3, 0.4) is 0 Å². The van der Waals surface area contributed by atoms with Gasteiger partial charge in [0.25, 0.3) is 5.91 Å². The van der Waals surface area contributed by atoms with E-state index in [4.69, 9.17) is 9.47 Å². The molecule has 1 amide bonds. The molecule has 5 nitrogen and oxygen atoms in total. The summed E-state index contributed by atoms with van der Waals surface area (Å²) in [5.74, 6) is -0.204. The molecule has 1 heterocycles. The number of hydrogen-bond donors (Lipinski definition) is 0. The highest BCUT2D eigenvalue weighted by atomic mass is 32.2. The average Bonchev–Trinajstić information content (AvgIpc) is 2.97. The Morgan fingerprint density at radius 2 is 1.86 bits per heavy atom. The van der Waals surface area contributed by atoms with Crippen molar-refractivity contribution in [3.63, 3.8) is 0 Å². The SMILES string of the molecule is COC(=O)C1=C(C)N(c2cccc(SC)c2)C(=O)C1=Cc1ccccc1OC. The van der Waals surface area contributed by atoms with Crippen LogP contribution in [0.5, 0.6) is 5.75 Å². The van der Waals surface area contributed by atoms with Gasteiger partial charge >= 0.3 is 5.97 Å². The number of thioether (sulfide) groups is 1. The van der Waals surface area contributed by atoms with Crippen LogP contribution in [-0.2, 0) is 14.3 Å². The van der Waals surface area contributed by atoms with Crippen LogP contribution in [0, 0.1) is 0 Å². The van der Waals surface area contributed by atoms with Gasteiger partial charge in [-0.15, -0.1) is 11.8 Å². The van der Waals surface area contributed by atoms with Crippen molar-refractivity contribution in [1.29, 1.82) is 0 Å². The molecule has 0 N–H and O–H groups in total. The molecule has 1 aliphatic heterocycles. The largest absolute Gasteiger partial charge is 0.496 e. The number of ether oxygens (including phenoxy) is 2. The third-order valence-electron chi connectivity index (χ3n) is 4.54. The Morgan fingerprint density at radius 1 is 1.11 bits per heavy atom. The van der Waals surface area contributed by atoms with Crippen LogP contribution in [0.4, 0.5) is 5.69 Å². The molecule has 0 saturated carbocycles. The Balaban J connectivity index is 2.16. The van der Waals surface area contributed by atoms with E-state index in [1.807, 2.05) is 48.7 Å². The highest BCUT2D eigenvalue weighted by Crippen LogP contribution is 2.37. The predicted octanol–water partition coefficient (Wildman–Crippen LogP) is 4.29. The fourth-order valence-electron chi connectivity index (χ4n) is 3.18. The zero-order valence-electron chi connectivity index (χ0n) is 16.2. The molecule has 0 aromatic heterocycles. The van der Waals surface area contributed by atoms with Gasteiger partial charge in [0.2, 0.25) is 0 Å². The molecule has 6 heteroatoms. The molecule has 2 aromatic rings. The zero-order valence-corrected chi connectivity index (χ0v) is 17.0. The number of amides is 1. The van der Waals surface area contributed by atoms with Gasteiger partial charge in [-0.3, -0.25) is 9.69 Å². The molecule has 0 saturated heterocycles. The van der Waals surface area contributed by atoms with E-state index in [1.165, 1.54) is 7.11 Å². The highest BCUT2D eigenvalue weighted by molar-refractivity contribution is 7.98. The number of para-hydroxylation sites is 1. The number of anilines is 1. The van der Waals surface area contributed by atoms with E-state index >= 15 is 0 Å². The normalized spacial score (nSPS) is 15.4. The van der Waals surface area contributed by atoms with E-state index in [9.17, 15) is 9.59 Å². The molecule has 0 bridgehead atoms. The lowest BCUT2D eigenvalue weighted by Gasteiger charge is -2.18. The van der Waals surface area contributed by atoms with Crippen LogP contribution >= 0.6 is 11.8 Å². The summed E-state index contributed by atoms with van der Waals surface area (Å²) in [6, 6.07) is 15.0. The number of methoxy groups -OCH3 is 2. The van der Waals surface area contributed by atoms with Crippen LogP contribution in [0.25, 0.3) is 6.08 Å². The summed E-state index contributed by atoms with van der Waals surface area (Å²) < 4.78 is 10.3. The minimum absolute atomic E-state index is 0.257. The molecule has 0 spiro atoms. The van der Waals surface area contributed by atoms with Crippen LogP contribution in [0.15, 0.2) is 70.3 Å². The lowest BCUT2D eigenvalue weighted by Crippen LogP contribution is -2.24. The highest BCUT2D eigenvalue weighted by Gasteiger charge is 2.38. The van der Waals surface area contributed by atoms with Gasteiger partial charge in [-0.25, -0.2) is 4.79 Å². The van der Waals surface area contributed by atoms with E-state index in [0.717, 1.165) is 4.90 Å². The van der Waals surface area contributed by atoms with E-state index in [2.05, 4.69) is 0 Å². The molecule has 3 rings (SSSR count). The van der Waals surface area contributed by atoms with E-state index < -0.39 is 5.97 Å². The van der Waals surface area contributed by atoms with Crippen molar-refractivity contribution in [3.8, 4) is 5.75 Å². The monoisotopic (exact) mass is 395 g/mol. The number of benzene rings is 2. The summed E-state index contributed by atoms with van der Waals surface area (Å²) in [5, 5.41) is 0. The third-order valence-corrected chi connectivity index (χ3v) is 5.27. The summed E-state index contributed by atoms with van der Waals surface area (Å²) in [7, 11) is 2.88. The number of carbonyl (C=O) groups is 2. The van der Waals surface area contributed by atoms with Crippen molar-refractivity contribution in [1.82, 2.24) is 0 Å². The first-order valence-electron chi connectivity index (χ1n) is 8.64. The van der Waals surface area contributed by atoms with Gasteiger partial charge in [0.1, 0.15) is 5.75 Å². The number of nitrogens with zero attached hydrogens (tertiary/aromatic N) is 1. The zero-order chi connectivity index (χ0) is 20.3. The van der Waals surface area contributed by atoms with E-state index in [1.54, 1.807) is 42.8 Å². The van der Waals surface area contributed by atoms with E-state index in [0.29, 0.717) is 22.7 Å². The maximum atomic E-state index is 13.3. The summed E-state index contributed by atoms with van der Waals surface area (Å²) >= 11 is 1.59. The smallest absolute Gasteiger partial charge is 0.340 e. The lowest BCUT2D eigenvalue weighted by atomic mass is 10.0. The molecule has 2 aromatic carbocycles. The van der Waals surface area contributed by atoms with Gasteiger partial charge in [0.15, 0.2) is 0 Å². The summed E-state index contributed by atoms with van der Waals surface area (Å²) in [4.78, 5) is 28.4. The topological polar surface area (TPSA) is 55.8 Å². The number of allylic oxidation sites excluding steroid dienone is 1. The first-order chi connectivity index (χ1) is 13.5. The molecular formula is C22H21NO4S. The summed E-state index contributed by atoms with van der Waals surface area (Å²) in [6.45, 7) is 1.75.